The van der Waals surface area contributed by atoms with Gasteiger partial charge in [0.15, 0.2) is 0 Å². The Morgan fingerprint density at radius 2 is 2.12 bits per heavy atom. The molecule has 0 aromatic carbocycles. The van der Waals surface area contributed by atoms with E-state index in [2.05, 4.69) is 42.7 Å². The second kappa shape index (κ2) is 4.53. The zero-order valence-corrected chi connectivity index (χ0v) is 11.1. The number of nitrogens with zero attached hydrogens (tertiary/aromatic N) is 3. The van der Waals surface area contributed by atoms with Crippen LogP contribution in [0, 0.1) is 12.8 Å². The number of nitrogen functional groups attached to an aromatic ring is 1. The Bertz CT molecular complexity index is 402. The zero-order valence-electron chi connectivity index (χ0n) is 11.1. The number of aryl methyl sites for hydroxylation is 1. The van der Waals surface area contributed by atoms with Gasteiger partial charge in [-0.15, -0.1) is 0 Å². The van der Waals surface area contributed by atoms with Crippen LogP contribution in [0.15, 0.2) is 12.3 Å². The second-order valence-electron chi connectivity index (χ2n) is 5.32. The van der Waals surface area contributed by atoms with Gasteiger partial charge in [0, 0.05) is 19.1 Å². The van der Waals surface area contributed by atoms with Gasteiger partial charge < -0.3 is 15.5 Å². The number of aromatic nitrogens is 1. The maximum absolute atomic E-state index is 5.74. The average molecular weight is 234 g/mol. The first-order valence-corrected chi connectivity index (χ1v) is 6.12. The maximum Gasteiger partial charge on any atom is 0.131 e. The molecule has 0 bridgehead atoms. The Balaban J connectivity index is 2.19. The van der Waals surface area contributed by atoms with E-state index in [0.29, 0.717) is 12.0 Å². The van der Waals surface area contributed by atoms with Crippen LogP contribution in [0.25, 0.3) is 0 Å². The van der Waals surface area contributed by atoms with E-state index in [1.807, 2.05) is 6.07 Å². The van der Waals surface area contributed by atoms with Gasteiger partial charge in [-0.1, -0.05) is 6.92 Å². The van der Waals surface area contributed by atoms with Gasteiger partial charge in [-0.25, -0.2) is 4.98 Å². The van der Waals surface area contributed by atoms with E-state index in [1.54, 1.807) is 6.20 Å². The van der Waals surface area contributed by atoms with E-state index in [4.69, 9.17) is 5.73 Å². The number of nitrogens with two attached hydrogens (primary N) is 1. The molecule has 2 unspecified atom stereocenters. The maximum atomic E-state index is 5.74. The number of hydrogen-bond acceptors (Lipinski definition) is 4. The molecule has 1 aromatic heterocycles. The molecule has 2 rings (SSSR count). The summed E-state index contributed by atoms with van der Waals surface area (Å²) in [5.41, 5.74) is 7.64. The summed E-state index contributed by atoms with van der Waals surface area (Å²) in [6, 6.07) is 2.60. The number of rotatable bonds is 2. The van der Waals surface area contributed by atoms with Gasteiger partial charge >= 0.3 is 0 Å². The smallest absolute Gasteiger partial charge is 0.131 e. The predicted octanol–water partition coefficient (Wildman–Crippen LogP) is 1.36. The third-order valence-electron chi connectivity index (χ3n) is 3.61. The second-order valence-corrected chi connectivity index (χ2v) is 5.32. The van der Waals surface area contributed by atoms with Crippen molar-refractivity contribution in [3.05, 3.63) is 17.8 Å². The van der Waals surface area contributed by atoms with Crippen LogP contribution in [0.5, 0.6) is 0 Å². The number of likely N-dealkylation sites (N-methyl/N-ethyl adjacent to an activating group) is 1. The largest absolute Gasteiger partial charge is 0.397 e. The summed E-state index contributed by atoms with van der Waals surface area (Å²) in [6.07, 6.45) is 1.75. The lowest BCUT2D eigenvalue weighted by molar-refractivity contribution is 0.266. The third kappa shape index (κ3) is 2.36. The lowest BCUT2D eigenvalue weighted by Gasteiger charge is -2.23. The summed E-state index contributed by atoms with van der Waals surface area (Å²) in [5.74, 6) is 1.75. The molecule has 1 aliphatic rings. The highest BCUT2D eigenvalue weighted by atomic mass is 15.3. The molecule has 2 N–H and O–H groups in total. The molecular formula is C13H22N4. The van der Waals surface area contributed by atoms with Gasteiger partial charge in [-0.05, 0) is 38.6 Å². The van der Waals surface area contributed by atoms with Crippen molar-refractivity contribution in [2.75, 3.05) is 37.8 Å². The molecule has 17 heavy (non-hydrogen) atoms. The van der Waals surface area contributed by atoms with Crippen molar-refractivity contribution in [2.24, 2.45) is 5.92 Å². The van der Waals surface area contributed by atoms with E-state index in [1.165, 1.54) is 0 Å². The Hall–Kier alpha value is -1.29. The van der Waals surface area contributed by atoms with Crippen LogP contribution in [0.1, 0.15) is 12.5 Å². The minimum Gasteiger partial charge on any atom is -0.397 e. The molecule has 0 radical (unpaired) electrons. The molecule has 0 aliphatic carbocycles. The van der Waals surface area contributed by atoms with Crippen LogP contribution in [-0.4, -0.2) is 43.1 Å². The molecule has 2 atom stereocenters. The molecule has 0 saturated carbocycles. The van der Waals surface area contributed by atoms with Crippen LogP contribution < -0.4 is 10.6 Å². The molecule has 1 aromatic rings. The average Bonchev–Trinajstić information content (AvgIpc) is 2.60. The zero-order chi connectivity index (χ0) is 12.6. The minimum absolute atomic E-state index is 0.605. The molecule has 0 amide bonds. The molecule has 4 nitrogen and oxygen atoms in total. The van der Waals surface area contributed by atoms with Crippen LogP contribution in [0.2, 0.25) is 0 Å². The van der Waals surface area contributed by atoms with Crippen LogP contribution in [0.4, 0.5) is 11.5 Å². The van der Waals surface area contributed by atoms with Gasteiger partial charge in [0.2, 0.25) is 0 Å². The molecule has 1 aliphatic heterocycles. The Morgan fingerprint density at radius 1 is 1.41 bits per heavy atom. The van der Waals surface area contributed by atoms with Crippen LogP contribution in [-0.2, 0) is 0 Å². The summed E-state index contributed by atoms with van der Waals surface area (Å²) in [6.45, 7) is 6.50. The summed E-state index contributed by atoms with van der Waals surface area (Å²) < 4.78 is 0. The minimum atomic E-state index is 0.605. The van der Waals surface area contributed by atoms with Crippen LogP contribution >= 0.6 is 0 Å². The molecule has 1 fully saturated rings. The molecule has 1 saturated heterocycles. The van der Waals surface area contributed by atoms with Gasteiger partial charge in [-0.2, -0.15) is 0 Å². The fourth-order valence-electron chi connectivity index (χ4n) is 2.72. The SMILES string of the molecule is Cc1cc(N)cnc1N1CC(C)C(N(C)C)C1. The quantitative estimate of drug-likeness (QED) is 0.839. The molecule has 2 heterocycles. The van der Waals surface area contributed by atoms with Crippen molar-refractivity contribution < 1.29 is 0 Å². The Morgan fingerprint density at radius 3 is 2.65 bits per heavy atom. The first-order chi connectivity index (χ1) is 7.99. The summed E-state index contributed by atoms with van der Waals surface area (Å²) in [7, 11) is 4.29. The predicted molar refractivity (Wildman–Crippen MR) is 72.2 cm³/mol. The van der Waals surface area contributed by atoms with E-state index in [9.17, 15) is 0 Å². The van der Waals surface area contributed by atoms with Crippen molar-refractivity contribution in [2.45, 2.75) is 19.9 Å². The summed E-state index contributed by atoms with van der Waals surface area (Å²) in [4.78, 5) is 9.14. The fourth-order valence-corrected chi connectivity index (χ4v) is 2.72. The van der Waals surface area contributed by atoms with Crippen LogP contribution in [0.3, 0.4) is 0 Å². The van der Waals surface area contributed by atoms with Crippen molar-refractivity contribution >= 4 is 11.5 Å². The third-order valence-corrected chi connectivity index (χ3v) is 3.61. The highest BCUT2D eigenvalue weighted by Gasteiger charge is 2.32. The fraction of sp³-hybridized carbons (Fsp3) is 0.615. The monoisotopic (exact) mass is 234 g/mol. The van der Waals surface area contributed by atoms with E-state index >= 15 is 0 Å². The van der Waals surface area contributed by atoms with E-state index < -0.39 is 0 Å². The van der Waals surface area contributed by atoms with Crippen molar-refractivity contribution in [1.29, 1.82) is 0 Å². The van der Waals surface area contributed by atoms with E-state index in [0.717, 1.165) is 30.2 Å². The Kier molecular flexibility index (Phi) is 3.24. The van der Waals surface area contributed by atoms with E-state index in [-0.39, 0.29) is 0 Å². The molecule has 0 spiro atoms. The van der Waals surface area contributed by atoms with Gasteiger partial charge in [0.25, 0.3) is 0 Å². The standard InChI is InChI=1S/C13H22N4/c1-9-5-11(14)6-15-13(9)17-7-10(2)12(8-17)16(3)4/h5-6,10,12H,7-8,14H2,1-4H3. The highest BCUT2D eigenvalue weighted by molar-refractivity contribution is 5.53. The van der Waals surface area contributed by atoms with Gasteiger partial charge in [0.1, 0.15) is 5.82 Å². The molecule has 4 heteroatoms. The normalized spacial score (nSPS) is 24.6. The number of hydrogen-bond donors (Lipinski definition) is 1. The highest BCUT2D eigenvalue weighted by Crippen LogP contribution is 2.27. The lowest BCUT2D eigenvalue weighted by atomic mass is 10.1. The number of pyridine rings is 1. The first kappa shape index (κ1) is 12.2. The first-order valence-electron chi connectivity index (χ1n) is 6.12. The van der Waals surface area contributed by atoms with Crippen molar-refractivity contribution in [3.63, 3.8) is 0 Å². The lowest BCUT2D eigenvalue weighted by Crippen LogP contribution is -2.34. The van der Waals surface area contributed by atoms with Crippen molar-refractivity contribution in [1.82, 2.24) is 9.88 Å². The Labute approximate surface area is 103 Å². The van der Waals surface area contributed by atoms with Gasteiger partial charge in [0.05, 0.1) is 11.9 Å². The van der Waals surface area contributed by atoms with Crippen molar-refractivity contribution in [3.8, 4) is 0 Å². The molecular weight excluding hydrogens is 212 g/mol. The van der Waals surface area contributed by atoms with Gasteiger partial charge in [-0.3, -0.25) is 0 Å². The molecule has 94 valence electrons. The summed E-state index contributed by atoms with van der Waals surface area (Å²) in [5, 5.41) is 0. The topological polar surface area (TPSA) is 45.4 Å². The number of anilines is 2. The summed E-state index contributed by atoms with van der Waals surface area (Å²) >= 11 is 0.